The lowest BCUT2D eigenvalue weighted by Gasteiger charge is -2.00. The number of oxazole rings is 1. The molecule has 0 saturated carbocycles. The Hall–Kier alpha value is -2.35. The van der Waals surface area contributed by atoms with Crippen LogP contribution in [0.3, 0.4) is 0 Å². The quantitative estimate of drug-likeness (QED) is 0.836. The molecule has 0 unspecified atom stereocenters. The molecule has 0 aliphatic carbocycles. The van der Waals surface area contributed by atoms with E-state index in [0.717, 1.165) is 18.0 Å². The van der Waals surface area contributed by atoms with Crippen LogP contribution in [-0.2, 0) is 4.74 Å². The van der Waals surface area contributed by atoms with E-state index in [1.165, 1.54) is 18.3 Å². The van der Waals surface area contributed by atoms with Crippen LogP contribution in [0.5, 0.6) is 0 Å². The Balaban J connectivity index is 2.19. The number of aromatic nitrogens is 2. The van der Waals surface area contributed by atoms with E-state index in [1.54, 1.807) is 6.92 Å². The zero-order chi connectivity index (χ0) is 14.5. The van der Waals surface area contributed by atoms with Crippen molar-refractivity contribution < 1.29 is 23.8 Å². The van der Waals surface area contributed by atoms with Gasteiger partial charge >= 0.3 is 11.9 Å². The maximum atomic E-state index is 11.4. The molecule has 0 spiro atoms. The first-order chi connectivity index (χ1) is 9.61. The van der Waals surface area contributed by atoms with Gasteiger partial charge in [0.25, 0.3) is 5.22 Å². The molecule has 0 atom stereocenters. The van der Waals surface area contributed by atoms with Crippen molar-refractivity contribution in [2.45, 2.75) is 17.2 Å². The Morgan fingerprint density at radius 2 is 2.30 bits per heavy atom. The minimum atomic E-state index is -1.10. The van der Waals surface area contributed by atoms with Crippen molar-refractivity contribution in [2.24, 2.45) is 0 Å². The molecular formula is C12H10N2O5S. The number of rotatable bonds is 5. The topological polar surface area (TPSA) is 103 Å². The molecule has 2 heterocycles. The van der Waals surface area contributed by atoms with Crippen molar-refractivity contribution in [2.75, 3.05) is 6.61 Å². The number of carbonyl (C=O) groups excluding carboxylic acids is 1. The SMILES string of the molecule is CCOC(=O)c1coc(Sc2ncccc2C(=O)O)n1. The molecule has 0 amide bonds. The van der Waals surface area contributed by atoms with Crippen molar-refractivity contribution in [3.05, 3.63) is 35.9 Å². The van der Waals surface area contributed by atoms with Gasteiger partial charge in [0.2, 0.25) is 0 Å². The summed E-state index contributed by atoms with van der Waals surface area (Å²) in [5.41, 5.74) is 0.0653. The number of nitrogens with zero attached hydrogens (tertiary/aromatic N) is 2. The lowest BCUT2D eigenvalue weighted by atomic mass is 10.3. The minimum absolute atomic E-state index is 0.0298. The van der Waals surface area contributed by atoms with Crippen LogP contribution in [0.4, 0.5) is 0 Å². The van der Waals surface area contributed by atoms with E-state index < -0.39 is 11.9 Å². The van der Waals surface area contributed by atoms with Crippen LogP contribution in [0.2, 0.25) is 0 Å². The molecule has 0 aliphatic heterocycles. The second-order valence-electron chi connectivity index (χ2n) is 3.48. The van der Waals surface area contributed by atoms with Gasteiger partial charge in [-0.05, 0) is 30.8 Å². The highest BCUT2D eigenvalue weighted by Crippen LogP contribution is 2.28. The van der Waals surface area contributed by atoms with Crippen LogP contribution in [0.15, 0.2) is 39.3 Å². The maximum absolute atomic E-state index is 11.4. The summed E-state index contributed by atoms with van der Waals surface area (Å²) in [5, 5.41) is 9.38. The van der Waals surface area contributed by atoms with E-state index in [-0.39, 0.29) is 28.1 Å². The van der Waals surface area contributed by atoms with Crippen LogP contribution in [0, 0.1) is 0 Å². The van der Waals surface area contributed by atoms with Crippen LogP contribution in [-0.4, -0.2) is 33.6 Å². The Kier molecular flexibility index (Phi) is 4.36. The van der Waals surface area contributed by atoms with Gasteiger partial charge in [0.1, 0.15) is 11.3 Å². The van der Waals surface area contributed by atoms with E-state index in [0.29, 0.717) is 0 Å². The number of pyridine rings is 1. The third-order valence-electron chi connectivity index (χ3n) is 2.15. The molecule has 0 aromatic carbocycles. The largest absolute Gasteiger partial charge is 0.478 e. The van der Waals surface area contributed by atoms with Gasteiger partial charge in [0.05, 0.1) is 12.2 Å². The highest BCUT2D eigenvalue weighted by Gasteiger charge is 2.17. The summed E-state index contributed by atoms with van der Waals surface area (Å²) in [4.78, 5) is 30.3. The molecule has 0 aliphatic rings. The number of esters is 1. The second-order valence-corrected chi connectivity index (χ2v) is 4.42. The van der Waals surface area contributed by atoms with Crippen molar-refractivity contribution >= 4 is 23.7 Å². The van der Waals surface area contributed by atoms with Crippen LogP contribution >= 0.6 is 11.8 Å². The highest BCUT2D eigenvalue weighted by atomic mass is 32.2. The summed E-state index contributed by atoms with van der Waals surface area (Å²) in [5.74, 6) is -1.69. The number of aromatic carboxylic acids is 1. The maximum Gasteiger partial charge on any atom is 0.360 e. The third kappa shape index (κ3) is 3.15. The van der Waals surface area contributed by atoms with Crippen molar-refractivity contribution in [3.63, 3.8) is 0 Å². The van der Waals surface area contributed by atoms with Gasteiger partial charge in [-0.3, -0.25) is 0 Å². The predicted molar refractivity (Wildman–Crippen MR) is 67.8 cm³/mol. The number of hydrogen-bond donors (Lipinski definition) is 1. The fourth-order valence-electron chi connectivity index (χ4n) is 1.32. The van der Waals surface area contributed by atoms with Crippen molar-refractivity contribution in [3.8, 4) is 0 Å². The van der Waals surface area contributed by atoms with E-state index >= 15 is 0 Å². The molecule has 2 rings (SSSR count). The standard InChI is InChI=1S/C12H10N2O5S/c1-2-18-11(17)8-6-19-12(14-8)20-9-7(10(15)16)4-3-5-13-9/h3-6H,2H2,1H3,(H,15,16). The molecule has 0 fully saturated rings. The average Bonchev–Trinajstić information content (AvgIpc) is 2.88. The zero-order valence-corrected chi connectivity index (χ0v) is 11.2. The fourth-order valence-corrected chi connectivity index (χ4v) is 2.11. The number of carbonyl (C=O) groups is 2. The van der Waals surface area contributed by atoms with Gasteiger partial charge < -0.3 is 14.3 Å². The van der Waals surface area contributed by atoms with Gasteiger partial charge in [-0.25, -0.2) is 14.6 Å². The zero-order valence-electron chi connectivity index (χ0n) is 10.4. The molecule has 0 bridgehead atoms. The van der Waals surface area contributed by atoms with Gasteiger partial charge in [0, 0.05) is 6.20 Å². The van der Waals surface area contributed by atoms with Crippen LogP contribution < -0.4 is 0 Å². The Morgan fingerprint density at radius 3 is 3.00 bits per heavy atom. The molecule has 2 aromatic heterocycles. The summed E-state index contributed by atoms with van der Waals surface area (Å²) in [6.45, 7) is 1.91. The molecule has 2 aromatic rings. The van der Waals surface area contributed by atoms with E-state index in [2.05, 4.69) is 9.97 Å². The molecular weight excluding hydrogens is 284 g/mol. The number of carboxylic acid groups (broad SMARTS) is 1. The second kappa shape index (κ2) is 6.20. The summed E-state index contributed by atoms with van der Waals surface area (Å²) < 4.78 is 9.86. The lowest BCUT2D eigenvalue weighted by Crippen LogP contribution is -2.04. The van der Waals surface area contributed by atoms with E-state index in [4.69, 9.17) is 14.3 Å². The molecule has 20 heavy (non-hydrogen) atoms. The van der Waals surface area contributed by atoms with Gasteiger partial charge in [-0.1, -0.05) is 0 Å². The number of hydrogen-bond acceptors (Lipinski definition) is 7. The first-order valence-electron chi connectivity index (χ1n) is 5.60. The van der Waals surface area contributed by atoms with E-state index in [9.17, 15) is 9.59 Å². The smallest absolute Gasteiger partial charge is 0.360 e. The summed E-state index contributed by atoms with van der Waals surface area (Å²) in [7, 11) is 0. The Bertz CT molecular complexity index is 640. The van der Waals surface area contributed by atoms with Crippen LogP contribution in [0.1, 0.15) is 27.8 Å². The molecule has 8 heteroatoms. The summed E-state index contributed by atoms with van der Waals surface area (Å²) >= 11 is 0.921. The Labute approximate surface area is 118 Å². The molecule has 7 nitrogen and oxygen atoms in total. The fraction of sp³-hybridized carbons (Fsp3) is 0.167. The molecule has 1 N–H and O–H groups in total. The van der Waals surface area contributed by atoms with Crippen molar-refractivity contribution in [1.82, 2.24) is 9.97 Å². The van der Waals surface area contributed by atoms with Gasteiger partial charge in [0.15, 0.2) is 5.69 Å². The Morgan fingerprint density at radius 1 is 1.50 bits per heavy atom. The van der Waals surface area contributed by atoms with Gasteiger partial charge in [-0.2, -0.15) is 4.98 Å². The molecule has 0 radical (unpaired) electrons. The van der Waals surface area contributed by atoms with E-state index in [1.807, 2.05) is 0 Å². The monoisotopic (exact) mass is 294 g/mol. The molecule has 0 saturated heterocycles. The number of carboxylic acids is 1. The van der Waals surface area contributed by atoms with Gasteiger partial charge in [-0.15, -0.1) is 0 Å². The minimum Gasteiger partial charge on any atom is -0.478 e. The van der Waals surface area contributed by atoms with Crippen LogP contribution in [0.25, 0.3) is 0 Å². The lowest BCUT2D eigenvalue weighted by molar-refractivity contribution is 0.0518. The first kappa shape index (κ1) is 14.1. The highest BCUT2D eigenvalue weighted by molar-refractivity contribution is 7.99. The van der Waals surface area contributed by atoms with Crippen molar-refractivity contribution in [1.29, 1.82) is 0 Å². The average molecular weight is 294 g/mol. The summed E-state index contributed by atoms with van der Waals surface area (Å²) in [6, 6.07) is 2.94. The third-order valence-corrected chi connectivity index (χ3v) is 3.03. The molecule has 104 valence electrons. The normalized spacial score (nSPS) is 10.2. The number of ether oxygens (including phenoxy) is 1. The summed E-state index contributed by atoms with van der Waals surface area (Å²) in [6.07, 6.45) is 2.62. The predicted octanol–water partition coefficient (Wildman–Crippen LogP) is 2.10. The first-order valence-corrected chi connectivity index (χ1v) is 6.42.